The van der Waals surface area contributed by atoms with E-state index in [-0.39, 0.29) is 22.0 Å². The number of hydrogen-bond donors (Lipinski definition) is 2. The summed E-state index contributed by atoms with van der Waals surface area (Å²) in [7, 11) is 1.23. The van der Waals surface area contributed by atoms with Gasteiger partial charge < -0.3 is 15.4 Å². The average molecular weight is 526 g/mol. The summed E-state index contributed by atoms with van der Waals surface area (Å²) in [4.78, 5) is 25.7. The van der Waals surface area contributed by atoms with Crippen LogP contribution >= 0.6 is 34.8 Å². The van der Waals surface area contributed by atoms with Gasteiger partial charge in [-0.05, 0) is 35.9 Å². The number of amides is 2. The predicted octanol–water partition coefficient (Wildman–Crippen LogP) is 6.41. The van der Waals surface area contributed by atoms with Crippen LogP contribution in [-0.2, 0) is 4.79 Å². The number of methoxy groups -OCH3 is 1. The summed E-state index contributed by atoms with van der Waals surface area (Å²) in [6, 6.07) is 14.8. The second-order valence-corrected chi connectivity index (χ2v) is 9.50. The van der Waals surface area contributed by atoms with Crippen LogP contribution in [0.25, 0.3) is 0 Å². The second-order valence-electron chi connectivity index (χ2n) is 7.65. The lowest BCUT2D eigenvalue weighted by molar-refractivity contribution is -0.117. The van der Waals surface area contributed by atoms with Gasteiger partial charge in [0.15, 0.2) is 11.6 Å². The van der Waals surface area contributed by atoms with Crippen LogP contribution in [0.5, 0.6) is 5.75 Å². The molecule has 0 bridgehead atoms. The van der Waals surface area contributed by atoms with Gasteiger partial charge in [-0.15, -0.1) is 23.2 Å². The average Bonchev–Trinajstić information content (AvgIpc) is 3.38. The Labute approximate surface area is 209 Å². The van der Waals surface area contributed by atoms with Gasteiger partial charge in [-0.2, -0.15) is 0 Å². The van der Waals surface area contributed by atoms with E-state index in [9.17, 15) is 18.4 Å². The highest BCUT2D eigenvalue weighted by Crippen LogP contribution is 2.65. The van der Waals surface area contributed by atoms with Gasteiger partial charge in [-0.3, -0.25) is 9.59 Å². The number of halogens is 5. The Kier molecular flexibility index (Phi) is 6.71. The Morgan fingerprint density at radius 2 is 1.65 bits per heavy atom. The number of carbonyl (C=O) groups excluding carboxylic acids is 2. The van der Waals surface area contributed by atoms with Crippen molar-refractivity contribution in [3.8, 4) is 5.75 Å². The molecule has 2 N–H and O–H groups in total. The van der Waals surface area contributed by atoms with Gasteiger partial charge in [0, 0.05) is 23.4 Å². The highest BCUT2D eigenvalue weighted by atomic mass is 35.5. The maximum Gasteiger partial charge on any atom is 0.259 e. The van der Waals surface area contributed by atoms with Crippen molar-refractivity contribution in [2.45, 2.75) is 10.3 Å². The van der Waals surface area contributed by atoms with Crippen molar-refractivity contribution < 1.29 is 23.1 Å². The summed E-state index contributed by atoms with van der Waals surface area (Å²) in [6.07, 6.45) is 0. The van der Waals surface area contributed by atoms with Crippen molar-refractivity contribution in [3.63, 3.8) is 0 Å². The van der Waals surface area contributed by atoms with Crippen LogP contribution in [0.2, 0.25) is 5.02 Å². The molecule has 0 spiro atoms. The zero-order valence-corrected chi connectivity index (χ0v) is 19.8. The first-order valence-electron chi connectivity index (χ1n) is 10.0. The summed E-state index contributed by atoms with van der Waals surface area (Å²) in [5, 5.41) is 5.06. The summed E-state index contributed by atoms with van der Waals surface area (Å²) < 4.78 is 31.8. The molecule has 0 heterocycles. The standard InChI is InChI=1S/C24H17Cl3F2N2O3/c1-34-21-15(22(32)30-13-5-3-2-4-6-13)10-14(11-18(21)29)31-23(33)20-19(24(20,26)27)12-7-8-17(28)16(25)9-12/h2-11,19-20H,1H3,(H,30,32)(H,31,33)/t19-,20+/m0/s1. The van der Waals surface area contributed by atoms with Gasteiger partial charge >= 0.3 is 0 Å². The molecule has 0 unspecified atom stereocenters. The van der Waals surface area contributed by atoms with E-state index in [0.29, 0.717) is 11.3 Å². The number of ether oxygens (including phenoxy) is 1. The lowest BCUT2D eigenvalue weighted by atomic mass is 10.1. The lowest BCUT2D eigenvalue weighted by Crippen LogP contribution is -2.19. The molecule has 0 aliphatic heterocycles. The molecule has 0 radical (unpaired) electrons. The van der Waals surface area contributed by atoms with Crippen molar-refractivity contribution in [2.24, 2.45) is 5.92 Å². The number of para-hydroxylation sites is 1. The maximum absolute atomic E-state index is 14.7. The molecule has 176 valence electrons. The number of benzene rings is 3. The van der Waals surface area contributed by atoms with E-state index in [4.69, 9.17) is 39.5 Å². The molecule has 3 aromatic carbocycles. The van der Waals surface area contributed by atoms with Crippen molar-refractivity contribution in [3.05, 3.63) is 88.4 Å². The predicted molar refractivity (Wildman–Crippen MR) is 128 cm³/mol. The first-order chi connectivity index (χ1) is 16.1. The summed E-state index contributed by atoms with van der Waals surface area (Å²) in [5.74, 6) is -4.54. The molecule has 10 heteroatoms. The fraction of sp³-hybridized carbons (Fsp3) is 0.167. The minimum Gasteiger partial charge on any atom is -0.493 e. The smallest absolute Gasteiger partial charge is 0.259 e. The van der Waals surface area contributed by atoms with Crippen LogP contribution in [-0.4, -0.2) is 23.3 Å². The van der Waals surface area contributed by atoms with E-state index in [1.54, 1.807) is 30.3 Å². The normalized spacial score (nSPS) is 18.2. The first kappa shape index (κ1) is 24.3. The van der Waals surface area contributed by atoms with Crippen molar-refractivity contribution in [1.29, 1.82) is 0 Å². The number of nitrogens with one attached hydrogen (secondary N) is 2. The van der Waals surface area contributed by atoms with Crippen LogP contribution in [0.15, 0.2) is 60.7 Å². The summed E-state index contributed by atoms with van der Waals surface area (Å²) in [6.45, 7) is 0. The zero-order chi connectivity index (χ0) is 24.6. The minimum absolute atomic E-state index is 0.00781. The lowest BCUT2D eigenvalue weighted by Gasteiger charge is -2.13. The van der Waals surface area contributed by atoms with Crippen molar-refractivity contribution in [2.75, 3.05) is 17.7 Å². The van der Waals surface area contributed by atoms with Gasteiger partial charge in [-0.25, -0.2) is 8.78 Å². The number of carbonyl (C=O) groups is 2. The third-order valence-electron chi connectivity index (χ3n) is 5.43. The molecule has 1 aliphatic carbocycles. The molecule has 1 saturated carbocycles. The van der Waals surface area contributed by atoms with E-state index < -0.39 is 39.6 Å². The molecule has 2 atom stereocenters. The zero-order valence-electron chi connectivity index (χ0n) is 17.5. The molecule has 5 nitrogen and oxygen atoms in total. The summed E-state index contributed by atoms with van der Waals surface area (Å²) >= 11 is 18.5. The van der Waals surface area contributed by atoms with Gasteiger partial charge in [-0.1, -0.05) is 35.9 Å². The number of rotatable bonds is 6. The highest BCUT2D eigenvalue weighted by molar-refractivity contribution is 6.53. The Balaban J connectivity index is 1.57. The molecule has 4 rings (SSSR count). The summed E-state index contributed by atoms with van der Waals surface area (Å²) in [5.41, 5.74) is 0.869. The molecule has 3 aromatic rings. The molecule has 2 amide bonds. The van der Waals surface area contributed by atoms with E-state index in [1.165, 1.54) is 25.3 Å². The fourth-order valence-electron chi connectivity index (χ4n) is 3.76. The van der Waals surface area contributed by atoms with Gasteiger partial charge in [0.2, 0.25) is 5.91 Å². The van der Waals surface area contributed by atoms with Crippen LogP contribution in [0.1, 0.15) is 21.8 Å². The van der Waals surface area contributed by atoms with Crippen LogP contribution in [0.3, 0.4) is 0 Å². The largest absolute Gasteiger partial charge is 0.493 e. The van der Waals surface area contributed by atoms with Gasteiger partial charge in [0.1, 0.15) is 10.2 Å². The monoisotopic (exact) mass is 524 g/mol. The SMILES string of the molecule is COc1c(F)cc(NC(=O)[C@H]2[C@H](c3ccc(F)c(Cl)c3)C2(Cl)Cl)cc1C(=O)Nc1ccccc1. The fourth-order valence-corrected chi connectivity index (χ4v) is 4.77. The van der Waals surface area contributed by atoms with Crippen molar-refractivity contribution in [1.82, 2.24) is 0 Å². The van der Waals surface area contributed by atoms with Gasteiger partial charge in [0.05, 0.1) is 23.6 Å². The number of hydrogen-bond acceptors (Lipinski definition) is 3. The molecular formula is C24H17Cl3F2N2O3. The third-order valence-corrected chi connectivity index (χ3v) is 6.66. The number of alkyl halides is 2. The van der Waals surface area contributed by atoms with Crippen molar-refractivity contribution >= 4 is 58.0 Å². The second kappa shape index (κ2) is 9.41. The quantitative estimate of drug-likeness (QED) is 0.366. The first-order valence-corrected chi connectivity index (χ1v) is 11.1. The van der Waals surface area contributed by atoms with E-state index >= 15 is 0 Å². The molecular weight excluding hydrogens is 509 g/mol. The molecule has 0 aromatic heterocycles. The third kappa shape index (κ3) is 4.69. The van der Waals surface area contributed by atoms with Crippen LogP contribution in [0, 0.1) is 17.6 Å². The highest BCUT2D eigenvalue weighted by Gasteiger charge is 2.67. The Bertz CT molecular complexity index is 1270. The Morgan fingerprint density at radius 1 is 0.941 bits per heavy atom. The Hall–Kier alpha value is -2.87. The van der Waals surface area contributed by atoms with E-state index in [0.717, 1.165) is 12.1 Å². The molecule has 34 heavy (non-hydrogen) atoms. The van der Waals surface area contributed by atoms with E-state index in [1.807, 2.05) is 0 Å². The topological polar surface area (TPSA) is 67.4 Å². The molecule has 1 fully saturated rings. The Morgan fingerprint density at radius 3 is 2.29 bits per heavy atom. The van der Waals surface area contributed by atoms with Gasteiger partial charge in [0.25, 0.3) is 5.91 Å². The maximum atomic E-state index is 14.7. The number of anilines is 2. The van der Waals surface area contributed by atoms with Crippen LogP contribution < -0.4 is 15.4 Å². The van der Waals surface area contributed by atoms with E-state index in [2.05, 4.69) is 10.6 Å². The van der Waals surface area contributed by atoms with Crippen LogP contribution in [0.4, 0.5) is 20.2 Å². The minimum atomic E-state index is -1.47. The molecule has 0 saturated heterocycles. The molecule has 1 aliphatic rings.